The first-order valence-corrected chi connectivity index (χ1v) is 9.67. The minimum absolute atomic E-state index is 0.0463. The lowest BCUT2D eigenvalue weighted by atomic mass is 9.76. The minimum atomic E-state index is -0.972. The molecule has 28 heavy (non-hydrogen) atoms. The second-order valence-corrected chi connectivity index (χ2v) is 7.71. The van der Waals surface area contributed by atoms with E-state index in [-0.39, 0.29) is 23.7 Å². The zero-order valence-electron chi connectivity index (χ0n) is 15.9. The monoisotopic (exact) mass is 383 g/mol. The Bertz CT molecular complexity index is 914. The van der Waals surface area contributed by atoms with Gasteiger partial charge in [0.15, 0.2) is 0 Å². The van der Waals surface area contributed by atoms with Gasteiger partial charge in [-0.15, -0.1) is 0 Å². The van der Waals surface area contributed by atoms with E-state index in [0.717, 1.165) is 28.6 Å². The molecule has 0 aliphatic carbocycles. The zero-order chi connectivity index (χ0) is 19.7. The Morgan fingerprint density at radius 3 is 2.96 bits per heavy atom. The molecule has 2 aliphatic rings. The van der Waals surface area contributed by atoms with E-state index in [0.29, 0.717) is 32.4 Å². The van der Waals surface area contributed by atoms with Gasteiger partial charge in [-0.05, 0) is 48.7 Å². The average molecular weight is 383 g/mol. The molecule has 2 aliphatic heterocycles. The number of amides is 2. The fourth-order valence-corrected chi connectivity index (χ4v) is 4.33. The van der Waals surface area contributed by atoms with Gasteiger partial charge in [-0.25, -0.2) is 0 Å². The van der Waals surface area contributed by atoms with Crippen molar-refractivity contribution in [3.63, 3.8) is 0 Å². The van der Waals surface area contributed by atoms with Crippen LogP contribution in [0.3, 0.4) is 0 Å². The highest BCUT2D eigenvalue weighted by molar-refractivity contribution is 6.01. The van der Waals surface area contributed by atoms with Crippen molar-refractivity contribution < 1.29 is 19.4 Å². The van der Waals surface area contributed by atoms with Crippen LogP contribution in [-0.4, -0.2) is 48.7 Å². The van der Waals surface area contributed by atoms with Crippen molar-refractivity contribution in [2.45, 2.75) is 30.8 Å². The topological polar surface area (TPSA) is 101 Å². The van der Waals surface area contributed by atoms with Crippen molar-refractivity contribution in [3.8, 4) is 0 Å². The number of carbonyl (C=O) groups excluding carboxylic acids is 2. The number of aliphatic hydroxyl groups is 1. The fourth-order valence-electron chi connectivity index (χ4n) is 4.33. The second-order valence-electron chi connectivity index (χ2n) is 7.71. The molecular weight excluding hydrogens is 358 g/mol. The third kappa shape index (κ3) is 3.41. The number of benzene rings is 1. The number of nitrogens with one attached hydrogen (secondary N) is 2. The van der Waals surface area contributed by atoms with Gasteiger partial charge in [-0.2, -0.15) is 0 Å². The Morgan fingerprint density at radius 1 is 1.32 bits per heavy atom. The van der Waals surface area contributed by atoms with E-state index in [9.17, 15) is 14.7 Å². The van der Waals surface area contributed by atoms with Crippen molar-refractivity contribution in [2.24, 2.45) is 5.92 Å². The molecule has 3 unspecified atom stereocenters. The van der Waals surface area contributed by atoms with Gasteiger partial charge in [-0.3, -0.25) is 19.9 Å². The van der Waals surface area contributed by atoms with E-state index in [1.54, 1.807) is 13.3 Å². The molecule has 1 aromatic carbocycles. The highest BCUT2D eigenvalue weighted by Crippen LogP contribution is 2.37. The molecule has 148 valence electrons. The first kappa shape index (κ1) is 19.0. The second kappa shape index (κ2) is 7.58. The maximum Gasteiger partial charge on any atom is 0.234 e. The number of hydrogen-bond acceptors (Lipinski definition) is 6. The van der Waals surface area contributed by atoms with E-state index in [2.05, 4.69) is 15.6 Å². The molecule has 2 amide bonds. The molecule has 3 heterocycles. The van der Waals surface area contributed by atoms with Crippen LogP contribution in [0.1, 0.15) is 36.3 Å². The van der Waals surface area contributed by atoms with Crippen molar-refractivity contribution in [3.05, 3.63) is 41.6 Å². The maximum absolute atomic E-state index is 12.2. The Kier molecular flexibility index (Phi) is 5.14. The number of piperidine rings is 2. The first-order valence-electron chi connectivity index (χ1n) is 9.67. The number of imide groups is 1. The van der Waals surface area contributed by atoms with Crippen LogP contribution in [0.15, 0.2) is 30.5 Å². The molecule has 1 aromatic heterocycles. The summed E-state index contributed by atoms with van der Waals surface area (Å²) in [6.45, 7) is 1.90. The van der Waals surface area contributed by atoms with Crippen LogP contribution in [0, 0.1) is 5.92 Å². The number of rotatable bonds is 4. The van der Waals surface area contributed by atoms with E-state index in [4.69, 9.17) is 4.74 Å². The van der Waals surface area contributed by atoms with Gasteiger partial charge in [0.05, 0.1) is 23.6 Å². The fraction of sp³-hybridized carbons (Fsp3) is 0.476. The summed E-state index contributed by atoms with van der Waals surface area (Å²) in [7, 11) is 1.64. The van der Waals surface area contributed by atoms with Crippen molar-refractivity contribution in [2.75, 3.05) is 26.8 Å². The Hall–Kier alpha value is -2.35. The number of ether oxygens (including phenoxy) is 1. The van der Waals surface area contributed by atoms with Gasteiger partial charge in [0.1, 0.15) is 0 Å². The zero-order valence-corrected chi connectivity index (χ0v) is 15.9. The number of hydrogen-bond donors (Lipinski definition) is 3. The van der Waals surface area contributed by atoms with Gasteiger partial charge >= 0.3 is 0 Å². The third-order valence-electron chi connectivity index (χ3n) is 5.96. The highest BCUT2D eigenvalue weighted by atomic mass is 16.5. The largest absolute Gasteiger partial charge is 0.385 e. The summed E-state index contributed by atoms with van der Waals surface area (Å²) in [4.78, 5) is 28.1. The van der Waals surface area contributed by atoms with E-state index in [1.807, 2.05) is 24.3 Å². The van der Waals surface area contributed by atoms with Crippen LogP contribution in [0.5, 0.6) is 0 Å². The lowest BCUT2D eigenvalue weighted by Crippen LogP contribution is -2.49. The van der Waals surface area contributed by atoms with Gasteiger partial charge in [0.2, 0.25) is 11.8 Å². The summed E-state index contributed by atoms with van der Waals surface area (Å²) in [5, 5.41) is 18.0. The van der Waals surface area contributed by atoms with Gasteiger partial charge < -0.3 is 15.2 Å². The summed E-state index contributed by atoms with van der Waals surface area (Å²) in [6, 6.07) is 7.74. The van der Waals surface area contributed by atoms with E-state index in [1.165, 1.54) is 0 Å². The normalized spacial score (nSPS) is 28.4. The van der Waals surface area contributed by atoms with Gasteiger partial charge in [0, 0.05) is 37.6 Å². The molecule has 4 rings (SSSR count). The first-order chi connectivity index (χ1) is 13.5. The van der Waals surface area contributed by atoms with E-state index >= 15 is 0 Å². The molecule has 0 saturated carbocycles. The molecule has 3 atom stereocenters. The van der Waals surface area contributed by atoms with Crippen LogP contribution < -0.4 is 10.6 Å². The summed E-state index contributed by atoms with van der Waals surface area (Å²) < 4.78 is 5.32. The number of fused-ring (bicyclic) bond motifs is 1. The average Bonchev–Trinajstić information content (AvgIpc) is 2.69. The van der Waals surface area contributed by atoms with Crippen LogP contribution in [0.25, 0.3) is 10.9 Å². The maximum atomic E-state index is 12.2. The van der Waals surface area contributed by atoms with Crippen molar-refractivity contribution in [1.29, 1.82) is 0 Å². The Balaban J connectivity index is 1.70. The minimum Gasteiger partial charge on any atom is -0.385 e. The summed E-state index contributed by atoms with van der Waals surface area (Å²) >= 11 is 0. The third-order valence-corrected chi connectivity index (χ3v) is 5.96. The Labute approximate surface area is 163 Å². The summed E-state index contributed by atoms with van der Waals surface area (Å²) in [6.07, 6.45) is 3.13. The molecule has 0 radical (unpaired) electrons. The van der Waals surface area contributed by atoms with Crippen molar-refractivity contribution in [1.82, 2.24) is 15.6 Å². The molecule has 7 nitrogen and oxygen atoms in total. The number of aromatic nitrogens is 1. The molecular formula is C21H25N3O4. The van der Waals surface area contributed by atoms with Crippen molar-refractivity contribution >= 4 is 22.7 Å². The molecule has 3 N–H and O–H groups in total. The summed E-state index contributed by atoms with van der Waals surface area (Å²) in [5.74, 6) is -0.920. The standard InChI is InChI=1S/C21H25N3O4/c1-28-12-16-11-22-7-6-21(16,27)15-2-4-18-13(9-15)8-14(10-23-18)17-3-5-19(25)24-20(17)26/h2,4,8-10,16-17,22,27H,3,5-7,11-12H2,1H3,(H,24,25,26). The lowest BCUT2D eigenvalue weighted by Gasteiger charge is -2.40. The van der Waals surface area contributed by atoms with Crippen LogP contribution in [0.4, 0.5) is 0 Å². The predicted octanol–water partition coefficient (Wildman–Crippen LogP) is 1.20. The van der Waals surface area contributed by atoms with Gasteiger partial charge in [-0.1, -0.05) is 6.07 Å². The Morgan fingerprint density at radius 2 is 2.18 bits per heavy atom. The van der Waals surface area contributed by atoms with E-state index < -0.39 is 5.60 Å². The lowest BCUT2D eigenvalue weighted by molar-refractivity contribution is -0.134. The number of carbonyl (C=O) groups is 2. The molecule has 0 spiro atoms. The number of pyridine rings is 1. The van der Waals surface area contributed by atoms with Crippen LogP contribution >= 0.6 is 0 Å². The molecule has 2 saturated heterocycles. The predicted molar refractivity (Wildman–Crippen MR) is 104 cm³/mol. The number of methoxy groups -OCH3 is 1. The number of nitrogens with zero attached hydrogens (tertiary/aromatic N) is 1. The smallest absolute Gasteiger partial charge is 0.234 e. The quantitative estimate of drug-likeness (QED) is 0.686. The molecule has 2 fully saturated rings. The SMILES string of the molecule is COCC1CNCCC1(O)c1ccc2ncc(C3CCC(=O)NC3=O)cc2c1. The molecule has 0 bridgehead atoms. The highest BCUT2D eigenvalue weighted by Gasteiger charge is 2.40. The van der Waals surface area contributed by atoms with Crippen LogP contribution in [-0.2, 0) is 19.9 Å². The van der Waals surface area contributed by atoms with Gasteiger partial charge in [0.25, 0.3) is 0 Å². The molecule has 7 heteroatoms. The summed E-state index contributed by atoms with van der Waals surface area (Å²) in [5.41, 5.74) is 1.46. The van der Waals surface area contributed by atoms with Crippen LogP contribution in [0.2, 0.25) is 0 Å². The molecule has 2 aromatic rings.